The molecular weight excluding hydrogens is 154 g/mol. The van der Waals surface area contributed by atoms with Gasteiger partial charge in [0.15, 0.2) is 0 Å². The van der Waals surface area contributed by atoms with Gasteiger partial charge < -0.3 is 10.4 Å². The van der Waals surface area contributed by atoms with Crippen molar-refractivity contribution in [2.45, 2.75) is 31.7 Å². The molecule has 0 atom stereocenters. The van der Waals surface area contributed by atoms with Crippen LogP contribution in [0.3, 0.4) is 0 Å². The zero-order chi connectivity index (χ0) is 8.97. The Morgan fingerprint density at radius 2 is 2.00 bits per heavy atom. The predicted octanol–water partition coefficient (Wildman–Crippen LogP) is 2.00. The summed E-state index contributed by atoms with van der Waals surface area (Å²) in [5.74, 6) is 0.594. The van der Waals surface area contributed by atoms with Crippen molar-refractivity contribution in [2.24, 2.45) is 5.92 Å². The van der Waals surface area contributed by atoms with Crippen molar-refractivity contribution < 1.29 is 9.90 Å². The van der Waals surface area contributed by atoms with Crippen LogP contribution < -0.4 is 5.32 Å². The van der Waals surface area contributed by atoms with Crippen molar-refractivity contribution in [3.05, 3.63) is 12.7 Å². The first-order valence-electron chi connectivity index (χ1n) is 4.34. The van der Waals surface area contributed by atoms with Crippen molar-refractivity contribution in [2.75, 3.05) is 0 Å². The molecule has 1 amide bonds. The molecule has 0 spiro atoms. The number of amides is 1. The van der Waals surface area contributed by atoms with E-state index in [0.717, 1.165) is 25.7 Å². The third-order valence-corrected chi connectivity index (χ3v) is 2.43. The monoisotopic (exact) mass is 169 g/mol. The maximum Gasteiger partial charge on any atom is 0.404 e. The van der Waals surface area contributed by atoms with Crippen molar-refractivity contribution in [3.63, 3.8) is 0 Å². The van der Waals surface area contributed by atoms with Gasteiger partial charge in [-0.05, 0) is 31.6 Å². The largest absolute Gasteiger partial charge is 0.465 e. The lowest BCUT2D eigenvalue weighted by atomic mass is 9.86. The molecule has 1 saturated carbocycles. The summed E-state index contributed by atoms with van der Waals surface area (Å²) in [5, 5.41) is 11.0. The summed E-state index contributed by atoms with van der Waals surface area (Å²) in [4.78, 5) is 10.3. The third kappa shape index (κ3) is 2.57. The van der Waals surface area contributed by atoms with Crippen LogP contribution >= 0.6 is 0 Å². The van der Waals surface area contributed by atoms with Crippen LogP contribution in [0, 0.1) is 5.92 Å². The molecule has 1 rings (SSSR count). The maximum absolute atomic E-state index is 10.3. The highest BCUT2D eigenvalue weighted by molar-refractivity contribution is 5.64. The van der Waals surface area contributed by atoms with Gasteiger partial charge in [-0.3, -0.25) is 0 Å². The number of hydrogen-bond acceptors (Lipinski definition) is 1. The number of nitrogens with one attached hydrogen (secondary N) is 1. The normalized spacial score (nSPS) is 29.3. The standard InChI is InChI=1S/C9H15NO2/c1-2-7-3-5-8(6-4-7)10-9(11)12/h2,7-8,10H,1,3-6H2,(H,11,12)/t7-,8-. The average Bonchev–Trinajstić information content (AvgIpc) is 2.05. The van der Waals surface area contributed by atoms with Crippen LogP contribution in [0.1, 0.15) is 25.7 Å². The summed E-state index contributed by atoms with van der Waals surface area (Å²) in [6, 6.07) is 0.165. The fraction of sp³-hybridized carbons (Fsp3) is 0.667. The number of allylic oxidation sites excluding steroid dienone is 1. The van der Waals surface area contributed by atoms with E-state index < -0.39 is 6.09 Å². The summed E-state index contributed by atoms with van der Waals surface area (Å²) in [7, 11) is 0. The van der Waals surface area contributed by atoms with Gasteiger partial charge in [-0.15, -0.1) is 6.58 Å². The van der Waals surface area contributed by atoms with E-state index in [-0.39, 0.29) is 6.04 Å². The van der Waals surface area contributed by atoms with E-state index in [0.29, 0.717) is 5.92 Å². The molecule has 3 heteroatoms. The number of carbonyl (C=O) groups is 1. The molecule has 12 heavy (non-hydrogen) atoms. The van der Waals surface area contributed by atoms with Gasteiger partial charge >= 0.3 is 6.09 Å². The molecule has 0 unspecified atom stereocenters. The second-order valence-corrected chi connectivity index (χ2v) is 3.30. The van der Waals surface area contributed by atoms with Crippen LogP contribution in [-0.2, 0) is 0 Å². The topological polar surface area (TPSA) is 49.3 Å². The van der Waals surface area contributed by atoms with Gasteiger partial charge in [0.1, 0.15) is 0 Å². The summed E-state index contributed by atoms with van der Waals surface area (Å²) >= 11 is 0. The van der Waals surface area contributed by atoms with E-state index >= 15 is 0 Å². The number of carboxylic acid groups (broad SMARTS) is 1. The van der Waals surface area contributed by atoms with Crippen LogP contribution in [-0.4, -0.2) is 17.2 Å². The summed E-state index contributed by atoms with van der Waals surface area (Å²) in [6.07, 6.45) is 5.09. The Bertz CT molecular complexity index is 171. The highest BCUT2D eigenvalue weighted by atomic mass is 16.4. The highest BCUT2D eigenvalue weighted by Gasteiger charge is 2.19. The zero-order valence-electron chi connectivity index (χ0n) is 7.12. The Labute approximate surface area is 72.5 Å². The lowest BCUT2D eigenvalue weighted by Crippen LogP contribution is -2.36. The van der Waals surface area contributed by atoms with E-state index in [1.165, 1.54) is 0 Å². The molecule has 68 valence electrons. The minimum Gasteiger partial charge on any atom is -0.465 e. The van der Waals surface area contributed by atoms with E-state index in [1.54, 1.807) is 0 Å². The zero-order valence-corrected chi connectivity index (χ0v) is 7.12. The van der Waals surface area contributed by atoms with Gasteiger partial charge in [0, 0.05) is 6.04 Å². The molecule has 0 aromatic carbocycles. The summed E-state index contributed by atoms with van der Waals surface area (Å²) < 4.78 is 0. The number of rotatable bonds is 2. The molecule has 0 saturated heterocycles. The van der Waals surface area contributed by atoms with Gasteiger partial charge in [0.05, 0.1) is 0 Å². The van der Waals surface area contributed by atoms with Crippen molar-refractivity contribution in [3.8, 4) is 0 Å². The number of hydrogen-bond donors (Lipinski definition) is 2. The lowest BCUT2D eigenvalue weighted by molar-refractivity contribution is 0.184. The first-order valence-corrected chi connectivity index (χ1v) is 4.34. The Kier molecular flexibility index (Phi) is 3.14. The minimum absolute atomic E-state index is 0.165. The van der Waals surface area contributed by atoms with Crippen LogP contribution in [0.5, 0.6) is 0 Å². The molecule has 0 aromatic heterocycles. The molecular formula is C9H15NO2. The van der Waals surface area contributed by atoms with Crippen molar-refractivity contribution >= 4 is 6.09 Å². The van der Waals surface area contributed by atoms with Crippen molar-refractivity contribution in [1.29, 1.82) is 0 Å². The summed E-state index contributed by atoms with van der Waals surface area (Å²) in [5.41, 5.74) is 0. The van der Waals surface area contributed by atoms with Gasteiger partial charge in [0.2, 0.25) is 0 Å². The van der Waals surface area contributed by atoms with E-state index in [9.17, 15) is 4.79 Å². The molecule has 1 aliphatic rings. The fourth-order valence-corrected chi connectivity index (χ4v) is 1.67. The molecule has 0 heterocycles. The van der Waals surface area contributed by atoms with Gasteiger partial charge in [-0.2, -0.15) is 0 Å². The maximum atomic E-state index is 10.3. The first kappa shape index (κ1) is 9.10. The molecule has 0 aliphatic heterocycles. The van der Waals surface area contributed by atoms with Gasteiger partial charge in [-0.25, -0.2) is 4.79 Å². The minimum atomic E-state index is -0.906. The highest BCUT2D eigenvalue weighted by Crippen LogP contribution is 2.24. The molecule has 1 fully saturated rings. The smallest absolute Gasteiger partial charge is 0.404 e. The van der Waals surface area contributed by atoms with E-state index in [4.69, 9.17) is 5.11 Å². The lowest BCUT2D eigenvalue weighted by Gasteiger charge is -2.26. The van der Waals surface area contributed by atoms with Gasteiger partial charge in [0.25, 0.3) is 0 Å². The molecule has 0 bridgehead atoms. The third-order valence-electron chi connectivity index (χ3n) is 2.43. The van der Waals surface area contributed by atoms with Gasteiger partial charge in [-0.1, -0.05) is 6.08 Å². The SMILES string of the molecule is C=C[C@H]1CC[C@H](NC(=O)O)CC1. The first-order chi connectivity index (χ1) is 5.72. The van der Waals surface area contributed by atoms with Crippen molar-refractivity contribution in [1.82, 2.24) is 5.32 Å². The fourth-order valence-electron chi connectivity index (χ4n) is 1.67. The molecule has 0 radical (unpaired) electrons. The second kappa shape index (κ2) is 4.14. The van der Waals surface area contributed by atoms with Crippen LogP contribution in [0.15, 0.2) is 12.7 Å². The Morgan fingerprint density at radius 1 is 1.42 bits per heavy atom. The molecule has 1 aliphatic carbocycles. The summed E-state index contributed by atoms with van der Waals surface area (Å²) in [6.45, 7) is 3.73. The molecule has 2 N–H and O–H groups in total. The Morgan fingerprint density at radius 3 is 2.42 bits per heavy atom. The predicted molar refractivity (Wildman–Crippen MR) is 47.1 cm³/mol. The second-order valence-electron chi connectivity index (χ2n) is 3.30. The van der Waals surface area contributed by atoms with Crippen LogP contribution in [0.4, 0.5) is 4.79 Å². The Hall–Kier alpha value is -0.990. The average molecular weight is 169 g/mol. The van der Waals surface area contributed by atoms with E-state index in [2.05, 4.69) is 11.9 Å². The van der Waals surface area contributed by atoms with Crippen LogP contribution in [0.25, 0.3) is 0 Å². The molecule has 0 aromatic rings. The Balaban J connectivity index is 2.26. The quantitative estimate of drug-likeness (QED) is 0.621. The van der Waals surface area contributed by atoms with Crippen LogP contribution in [0.2, 0.25) is 0 Å². The molecule has 3 nitrogen and oxygen atoms in total. The van der Waals surface area contributed by atoms with E-state index in [1.807, 2.05) is 6.08 Å².